The number of hydrogen-bond donors (Lipinski definition) is 2. The Morgan fingerprint density at radius 3 is 2.33 bits per heavy atom. The van der Waals surface area contributed by atoms with Crippen molar-refractivity contribution in [1.82, 2.24) is 9.97 Å². The van der Waals surface area contributed by atoms with E-state index in [1.54, 1.807) is 30.3 Å². The fourth-order valence-corrected chi connectivity index (χ4v) is 3.07. The molecule has 2 N–H and O–H groups in total. The van der Waals surface area contributed by atoms with Crippen LogP contribution in [0.15, 0.2) is 72.8 Å². The molecule has 0 bridgehead atoms. The van der Waals surface area contributed by atoms with Crippen molar-refractivity contribution in [2.75, 3.05) is 0 Å². The normalized spacial score (nSPS) is 10.8. The van der Waals surface area contributed by atoms with Gasteiger partial charge in [0.25, 0.3) is 5.88 Å². The average molecular weight is 356 g/mol. The molecule has 1 heterocycles. The summed E-state index contributed by atoms with van der Waals surface area (Å²) in [6.45, 7) is 0. The lowest BCUT2D eigenvalue weighted by Crippen LogP contribution is -2.09. The largest absolute Gasteiger partial charge is 0.502 e. The van der Waals surface area contributed by atoms with Crippen molar-refractivity contribution in [1.29, 1.82) is 0 Å². The molecular weight excluding hydrogens is 340 g/mol. The molecule has 132 valence electrons. The third-order valence-corrected chi connectivity index (χ3v) is 4.39. The minimum Gasteiger partial charge on any atom is -0.502 e. The predicted octanol–water partition coefficient (Wildman–Crippen LogP) is 3.86. The molecule has 0 spiro atoms. The van der Waals surface area contributed by atoms with E-state index in [0.717, 1.165) is 16.3 Å². The van der Waals surface area contributed by atoms with Crippen molar-refractivity contribution in [2.24, 2.45) is 0 Å². The van der Waals surface area contributed by atoms with Crippen molar-refractivity contribution < 1.29 is 15.0 Å². The summed E-state index contributed by atoms with van der Waals surface area (Å²) in [6.07, 6.45) is 0.324. The molecule has 0 fully saturated rings. The second-order valence-electron chi connectivity index (χ2n) is 6.17. The van der Waals surface area contributed by atoms with Crippen LogP contribution in [0.25, 0.3) is 10.8 Å². The highest BCUT2D eigenvalue weighted by atomic mass is 16.3. The van der Waals surface area contributed by atoms with Gasteiger partial charge in [-0.1, -0.05) is 72.8 Å². The summed E-state index contributed by atoms with van der Waals surface area (Å²) < 4.78 is 0. The summed E-state index contributed by atoms with van der Waals surface area (Å²) in [5.41, 5.74) is 1.14. The fourth-order valence-electron chi connectivity index (χ4n) is 3.07. The number of nitrogens with zero attached hydrogens (tertiary/aromatic N) is 2. The van der Waals surface area contributed by atoms with Crippen LogP contribution in [0, 0.1) is 0 Å². The van der Waals surface area contributed by atoms with E-state index in [2.05, 4.69) is 9.97 Å². The van der Waals surface area contributed by atoms with Gasteiger partial charge in [0.2, 0.25) is 11.5 Å². The first-order valence-electron chi connectivity index (χ1n) is 8.48. The van der Waals surface area contributed by atoms with Crippen molar-refractivity contribution in [3.8, 4) is 11.6 Å². The van der Waals surface area contributed by atoms with Gasteiger partial charge in [-0.3, -0.25) is 4.79 Å². The molecule has 4 rings (SSSR count). The monoisotopic (exact) mass is 356 g/mol. The summed E-state index contributed by atoms with van der Waals surface area (Å²) in [4.78, 5) is 20.9. The zero-order valence-corrected chi connectivity index (χ0v) is 14.3. The van der Waals surface area contributed by atoms with Crippen molar-refractivity contribution in [2.45, 2.75) is 6.42 Å². The summed E-state index contributed by atoms with van der Waals surface area (Å²) >= 11 is 0. The Labute approximate surface area is 155 Å². The van der Waals surface area contributed by atoms with Gasteiger partial charge in [0, 0.05) is 12.0 Å². The Balaban J connectivity index is 1.76. The number of hydrogen-bond acceptors (Lipinski definition) is 5. The molecule has 3 aromatic carbocycles. The molecule has 0 aliphatic heterocycles. The van der Waals surface area contributed by atoms with Crippen LogP contribution in [0.5, 0.6) is 11.6 Å². The minimum absolute atomic E-state index is 0.205. The smallest absolute Gasteiger partial charge is 0.258 e. The van der Waals surface area contributed by atoms with Crippen LogP contribution in [0.2, 0.25) is 0 Å². The predicted molar refractivity (Wildman–Crippen MR) is 102 cm³/mol. The van der Waals surface area contributed by atoms with E-state index in [9.17, 15) is 15.0 Å². The quantitative estimate of drug-likeness (QED) is 0.543. The van der Waals surface area contributed by atoms with Crippen molar-refractivity contribution >= 4 is 16.6 Å². The Morgan fingerprint density at radius 1 is 0.815 bits per heavy atom. The molecule has 0 radical (unpaired) electrons. The third-order valence-electron chi connectivity index (χ3n) is 4.39. The van der Waals surface area contributed by atoms with Crippen LogP contribution in [0.3, 0.4) is 0 Å². The molecule has 0 saturated heterocycles. The van der Waals surface area contributed by atoms with E-state index >= 15 is 0 Å². The second kappa shape index (κ2) is 6.88. The maximum atomic E-state index is 12.7. The van der Waals surface area contributed by atoms with E-state index in [-0.39, 0.29) is 11.5 Å². The number of carbonyl (C=O) groups is 1. The van der Waals surface area contributed by atoms with Crippen LogP contribution in [-0.2, 0) is 6.42 Å². The van der Waals surface area contributed by atoms with E-state index in [0.29, 0.717) is 12.0 Å². The van der Waals surface area contributed by atoms with Gasteiger partial charge in [0.15, 0.2) is 5.69 Å². The van der Waals surface area contributed by atoms with Gasteiger partial charge in [-0.2, -0.15) is 4.98 Å². The maximum Gasteiger partial charge on any atom is 0.258 e. The molecule has 5 nitrogen and oxygen atoms in total. The highest BCUT2D eigenvalue weighted by Gasteiger charge is 2.21. The molecule has 0 unspecified atom stereocenters. The van der Waals surface area contributed by atoms with E-state index in [1.165, 1.54) is 0 Å². The number of benzene rings is 3. The van der Waals surface area contributed by atoms with Crippen LogP contribution < -0.4 is 0 Å². The van der Waals surface area contributed by atoms with E-state index in [1.807, 2.05) is 42.5 Å². The zero-order chi connectivity index (χ0) is 18.8. The standard InChI is InChI=1S/C22H16N2O3/c25-20(15-8-2-1-3-9-15)19-21(26)22(27)24-18(23-19)13-16-11-6-10-14-7-4-5-12-17(14)16/h1-12,26H,13H2,(H,23,24,27). The summed E-state index contributed by atoms with van der Waals surface area (Å²) in [5, 5.41) is 22.2. The Kier molecular flexibility index (Phi) is 4.26. The highest BCUT2D eigenvalue weighted by molar-refractivity contribution is 6.09. The number of aromatic hydroxyl groups is 2. The van der Waals surface area contributed by atoms with E-state index in [4.69, 9.17) is 0 Å². The van der Waals surface area contributed by atoms with Crippen molar-refractivity contribution in [3.63, 3.8) is 0 Å². The van der Waals surface area contributed by atoms with Gasteiger partial charge < -0.3 is 10.2 Å². The summed E-state index contributed by atoms with van der Waals surface area (Å²) in [5.74, 6) is -1.41. The molecule has 0 atom stereocenters. The number of fused-ring (bicyclic) bond motifs is 1. The Hall–Kier alpha value is -3.73. The van der Waals surface area contributed by atoms with Crippen LogP contribution >= 0.6 is 0 Å². The summed E-state index contributed by atoms with van der Waals surface area (Å²) in [7, 11) is 0. The van der Waals surface area contributed by atoms with Crippen molar-refractivity contribution in [3.05, 3.63) is 95.4 Å². The zero-order valence-electron chi connectivity index (χ0n) is 14.3. The molecule has 27 heavy (non-hydrogen) atoms. The third kappa shape index (κ3) is 3.22. The van der Waals surface area contributed by atoms with Gasteiger partial charge in [0.1, 0.15) is 5.82 Å². The Bertz CT molecular complexity index is 1140. The highest BCUT2D eigenvalue weighted by Crippen LogP contribution is 2.28. The second-order valence-corrected chi connectivity index (χ2v) is 6.17. The first kappa shape index (κ1) is 16.7. The lowest BCUT2D eigenvalue weighted by Gasteiger charge is -2.09. The van der Waals surface area contributed by atoms with Gasteiger partial charge in [-0.05, 0) is 16.3 Å². The van der Waals surface area contributed by atoms with Crippen LogP contribution in [-0.4, -0.2) is 26.0 Å². The lowest BCUT2D eigenvalue weighted by atomic mass is 10.0. The Morgan fingerprint density at radius 2 is 1.52 bits per heavy atom. The first-order chi connectivity index (χ1) is 13.1. The topological polar surface area (TPSA) is 83.3 Å². The maximum absolute atomic E-state index is 12.7. The molecule has 0 amide bonds. The average Bonchev–Trinajstić information content (AvgIpc) is 2.71. The molecule has 4 aromatic rings. The molecule has 0 aliphatic rings. The fraction of sp³-hybridized carbons (Fsp3) is 0.0455. The SMILES string of the molecule is O=C(c1ccccc1)c1nc(Cc2cccc3ccccc23)nc(O)c1O. The molecule has 5 heteroatoms. The summed E-state index contributed by atoms with van der Waals surface area (Å²) in [6, 6.07) is 22.3. The van der Waals surface area contributed by atoms with Crippen LogP contribution in [0.1, 0.15) is 27.4 Å². The van der Waals surface area contributed by atoms with Gasteiger partial charge in [-0.25, -0.2) is 4.98 Å². The molecular formula is C22H16N2O3. The van der Waals surface area contributed by atoms with Gasteiger partial charge in [0.05, 0.1) is 0 Å². The number of aromatic nitrogens is 2. The van der Waals surface area contributed by atoms with Gasteiger partial charge in [-0.15, -0.1) is 0 Å². The number of carbonyl (C=O) groups excluding carboxylic acids is 1. The van der Waals surface area contributed by atoms with E-state index < -0.39 is 17.4 Å². The first-order valence-corrected chi connectivity index (χ1v) is 8.48. The number of rotatable bonds is 4. The minimum atomic E-state index is -0.606. The molecule has 0 saturated carbocycles. The lowest BCUT2D eigenvalue weighted by molar-refractivity contribution is 0.103. The van der Waals surface area contributed by atoms with Gasteiger partial charge >= 0.3 is 0 Å². The van der Waals surface area contributed by atoms with Crippen LogP contribution in [0.4, 0.5) is 0 Å². The molecule has 1 aromatic heterocycles. The number of ketones is 1. The molecule has 0 aliphatic carbocycles.